The first kappa shape index (κ1) is 36.9. The Balaban J connectivity index is 1.18. The van der Waals surface area contributed by atoms with Gasteiger partial charge in [0.2, 0.25) is 21.8 Å². The number of urea groups is 1. The minimum absolute atomic E-state index is 0.0501. The first-order valence-corrected chi connectivity index (χ1v) is 20.4. The van der Waals surface area contributed by atoms with E-state index in [1.807, 2.05) is 38.1 Å². The highest BCUT2D eigenvalue weighted by Gasteiger charge is 2.62. The van der Waals surface area contributed by atoms with Crippen molar-refractivity contribution in [2.24, 2.45) is 11.8 Å². The molecule has 14 nitrogen and oxygen atoms in total. The molecular weight excluding hydrogens is 701 g/mol. The standard InChI is InChI=1S/C38H50N6O8S/c1-4-26-19-38(26,34(47)42-53(50,51)28-15-16-28)40-32(45)30-18-27-21-44(30)33(46)31(24-11-5-6-12-24)39-35(48)41-37(2,3)17-8-7-10-23-13-9-14-25-20-43(22-29(23)25)36(49)52-27/h4,7,9-10,13-14,24,26-28,30-31H,1,5-6,8,11-12,15-22H2,2-3H3,(H,40,45)(H,42,47)(H2,39,41,48)/b10-7+/t26-,27+,30-,31-,38+/m0/s1. The molecule has 286 valence electrons. The number of hydrogen-bond acceptors (Lipinski definition) is 8. The molecule has 4 fully saturated rings. The predicted octanol–water partition coefficient (Wildman–Crippen LogP) is 3.22. The number of sulfonamides is 1. The zero-order valence-electron chi connectivity index (χ0n) is 30.4. The number of allylic oxidation sites excluding steroid dienone is 1. The Morgan fingerprint density at radius 3 is 2.53 bits per heavy atom. The molecule has 4 bridgehead atoms. The normalized spacial score (nSPS) is 30.9. The fourth-order valence-electron chi connectivity index (χ4n) is 8.40. The van der Waals surface area contributed by atoms with Crippen LogP contribution in [0.1, 0.15) is 94.7 Å². The van der Waals surface area contributed by atoms with E-state index in [2.05, 4.69) is 33.3 Å². The Bertz CT molecular complexity index is 1840. The van der Waals surface area contributed by atoms with Crippen LogP contribution in [-0.2, 0) is 42.2 Å². The highest BCUT2D eigenvalue weighted by atomic mass is 32.2. The van der Waals surface area contributed by atoms with Crippen LogP contribution in [0.25, 0.3) is 6.08 Å². The molecule has 0 aromatic heterocycles. The number of hydrogen-bond donors (Lipinski definition) is 4. The fourth-order valence-corrected chi connectivity index (χ4v) is 9.76. The van der Waals surface area contributed by atoms with Crippen molar-refractivity contribution in [3.63, 3.8) is 0 Å². The van der Waals surface area contributed by atoms with Crippen LogP contribution in [0.4, 0.5) is 9.59 Å². The molecule has 0 spiro atoms. The van der Waals surface area contributed by atoms with Crippen LogP contribution in [0.15, 0.2) is 36.9 Å². The number of nitrogens with one attached hydrogen (secondary N) is 4. The minimum Gasteiger partial charge on any atom is -0.444 e. The summed E-state index contributed by atoms with van der Waals surface area (Å²) in [4.78, 5) is 72.6. The SMILES string of the molecule is C=C[C@H]1C[C@]1(NC(=O)[C@@H]1C[C@@H]2CN1C(=O)[C@H](C1CCCC1)NC(=O)NC(C)(C)CC/C=C/c1cccc3c1CN(C3)C(=O)O2)C(=O)NS(=O)(=O)C1CC1. The summed E-state index contributed by atoms with van der Waals surface area (Å²) in [6, 6.07) is 3.32. The average Bonchev–Trinajstić information content (AvgIpc) is 3.88. The van der Waals surface area contributed by atoms with Crippen molar-refractivity contribution in [3.05, 3.63) is 53.6 Å². The molecule has 6 amide bonds. The van der Waals surface area contributed by atoms with E-state index in [0.29, 0.717) is 51.6 Å². The zero-order chi connectivity index (χ0) is 37.7. The maximum Gasteiger partial charge on any atom is 0.410 e. The quantitative estimate of drug-likeness (QED) is 0.307. The lowest BCUT2D eigenvalue weighted by atomic mass is 9.95. The number of carbonyl (C=O) groups excluding carboxylic acids is 5. The lowest BCUT2D eigenvalue weighted by Gasteiger charge is -2.33. The van der Waals surface area contributed by atoms with Gasteiger partial charge in [-0.15, -0.1) is 6.58 Å². The second-order valence-corrected chi connectivity index (χ2v) is 18.2. The number of rotatable bonds is 7. The number of ether oxygens (including phenoxy) is 1. The van der Waals surface area contributed by atoms with Gasteiger partial charge in [-0.2, -0.15) is 0 Å². The highest BCUT2D eigenvalue weighted by Crippen LogP contribution is 2.45. The topological polar surface area (TPSA) is 183 Å². The molecule has 6 aliphatic rings. The molecule has 3 aliphatic carbocycles. The predicted molar refractivity (Wildman–Crippen MR) is 195 cm³/mol. The fraction of sp³-hybridized carbons (Fsp3) is 0.605. The summed E-state index contributed by atoms with van der Waals surface area (Å²) in [6.45, 7) is 8.22. The molecule has 15 heteroatoms. The molecule has 0 radical (unpaired) electrons. The Morgan fingerprint density at radius 2 is 1.83 bits per heavy atom. The van der Waals surface area contributed by atoms with Gasteiger partial charge < -0.3 is 25.6 Å². The molecular formula is C38H50N6O8S. The smallest absolute Gasteiger partial charge is 0.410 e. The highest BCUT2D eigenvalue weighted by molar-refractivity contribution is 7.91. The Labute approximate surface area is 310 Å². The lowest BCUT2D eigenvalue weighted by molar-refractivity contribution is -0.142. The Kier molecular flexibility index (Phi) is 9.83. The number of nitrogens with zero attached hydrogens (tertiary/aromatic N) is 2. The molecule has 3 saturated carbocycles. The summed E-state index contributed by atoms with van der Waals surface area (Å²) in [5, 5.41) is 8.13. The van der Waals surface area contributed by atoms with Gasteiger partial charge in [0, 0.05) is 24.4 Å². The molecule has 4 N–H and O–H groups in total. The molecule has 53 heavy (non-hydrogen) atoms. The van der Waals surface area contributed by atoms with Crippen molar-refractivity contribution >= 4 is 45.9 Å². The van der Waals surface area contributed by atoms with Gasteiger partial charge in [-0.05, 0) is 81.4 Å². The number of carbonyl (C=O) groups is 5. The van der Waals surface area contributed by atoms with Gasteiger partial charge in [-0.25, -0.2) is 18.0 Å². The van der Waals surface area contributed by atoms with Gasteiger partial charge in [0.15, 0.2) is 0 Å². The Hall–Kier alpha value is -4.40. The summed E-state index contributed by atoms with van der Waals surface area (Å²) >= 11 is 0. The summed E-state index contributed by atoms with van der Waals surface area (Å²) in [5.74, 6) is -2.70. The summed E-state index contributed by atoms with van der Waals surface area (Å²) < 4.78 is 33.6. The average molecular weight is 751 g/mol. The van der Waals surface area contributed by atoms with Crippen molar-refractivity contribution in [1.29, 1.82) is 0 Å². The van der Waals surface area contributed by atoms with E-state index in [-0.39, 0.29) is 25.3 Å². The van der Waals surface area contributed by atoms with E-state index >= 15 is 0 Å². The molecule has 3 aliphatic heterocycles. The van der Waals surface area contributed by atoms with E-state index < -0.39 is 80.3 Å². The van der Waals surface area contributed by atoms with Gasteiger partial charge in [0.05, 0.1) is 18.3 Å². The first-order valence-electron chi connectivity index (χ1n) is 18.8. The van der Waals surface area contributed by atoms with Crippen molar-refractivity contribution in [3.8, 4) is 0 Å². The van der Waals surface area contributed by atoms with Crippen LogP contribution in [0.3, 0.4) is 0 Å². The largest absolute Gasteiger partial charge is 0.444 e. The summed E-state index contributed by atoms with van der Waals surface area (Å²) in [5.41, 5.74) is 0.853. The summed E-state index contributed by atoms with van der Waals surface area (Å²) in [6.07, 6.45) is 9.69. The van der Waals surface area contributed by atoms with Crippen LogP contribution < -0.4 is 20.7 Å². The monoisotopic (exact) mass is 750 g/mol. The summed E-state index contributed by atoms with van der Waals surface area (Å²) in [7, 11) is -3.90. The van der Waals surface area contributed by atoms with Crippen LogP contribution in [-0.4, -0.2) is 89.1 Å². The van der Waals surface area contributed by atoms with E-state index in [1.54, 1.807) is 4.90 Å². The maximum atomic E-state index is 14.6. The third-order valence-electron chi connectivity index (χ3n) is 11.8. The molecule has 5 atom stereocenters. The number of fused-ring (bicyclic) bond motifs is 3. The Morgan fingerprint density at radius 1 is 1.08 bits per heavy atom. The van der Waals surface area contributed by atoms with Crippen LogP contribution in [0.5, 0.6) is 0 Å². The van der Waals surface area contributed by atoms with E-state index in [4.69, 9.17) is 4.74 Å². The van der Waals surface area contributed by atoms with Crippen LogP contribution >= 0.6 is 0 Å². The van der Waals surface area contributed by atoms with E-state index in [0.717, 1.165) is 29.5 Å². The van der Waals surface area contributed by atoms with E-state index in [1.165, 1.54) is 11.0 Å². The maximum absolute atomic E-state index is 14.6. The van der Waals surface area contributed by atoms with Crippen molar-refractivity contribution in [2.45, 2.75) is 126 Å². The second kappa shape index (κ2) is 14.1. The van der Waals surface area contributed by atoms with Gasteiger partial charge >= 0.3 is 12.1 Å². The minimum atomic E-state index is -3.90. The lowest BCUT2D eigenvalue weighted by Crippen LogP contribution is -2.60. The first-order chi connectivity index (χ1) is 25.2. The van der Waals surface area contributed by atoms with Gasteiger partial charge in [-0.3, -0.25) is 24.0 Å². The number of amides is 6. The molecule has 1 aromatic carbocycles. The van der Waals surface area contributed by atoms with Crippen molar-refractivity contribution in [2.75, 3.05) is 6.54 Å². The van der Waals surface area contributed by atoms with E-state index in [9.17, 15) is 32.4 Å². The van der Waals surface area contributed by atoms with Gasteiger partial charge in [0.25, 0.3) is 5.91 Å². The molecule has 3 heterocycles. The third-order valence-corrected chi connectivity index (χ3v) is 13.6. The van der Waals surface area contributed by atoms with Crippen LogP contribution in [0, 0.1) is 11.8 Å². The van der Waals surface area contributed by atoms with Crippen molar-refractivity contribution < 1.29 is 37.1 Å². The van der Waals surface area contributed by atoms with Gasteiger partial charge in [-0.1, -0.05) is 49.3 Å². The second-order valence-electron chi connectivity index (χ2n) is 16.2. The molecule has 1 saturated heterocycles. The molecule has 1 aromatic rings. The zero-order valence-corrected chi connectivity index (χ0v) is 31.2. The van der Waals surface area contributed by atoms with Crippen LogP contribution in [0.2, 0.25) is 0 Å². The number of benzene rings is 1. The molecule has 0 unspecified atom stereocenters. The van der Waals surface area contributed by atoms with Crippen molar-refractivity contribution in [1.82, 2.24) is 30.5 Å². The molecule has 7 rings (SSSR count). The third kappa shape index (κ3) is 7.67. The van der Waals surface area contributed by atoms with Gasteiger partial charge in [0.1, 0.15) is 23.7 Å².